The Hall–Kier alpha value is -2.70. The molecule has 2 heterocycles. The van der Waals surface area contributed by atoms with Crippen LogP contribution in [0.2, 0.25) is 0 Å². The molecule has 0 amide bonds. The standard InChI is InChI=1S/C24H27FN2O3/c1-26-20-9-12-27(13-10-20)11-2-14-29-22-16-24(28)30-23-15-18(5-8-21(22)23)17-3-6-19(25)7-4-17/h3-8,15-16,20,26H,2,9-14H2,1H3. The monoisotopic (exact) mass is 410 g/mol. The Labute approximate surface area is 175 Å². The van der Waals surface area contributed by atoms with Crippen LogP contribution in [-0.2, 0) is 0 Å². The first-order valence-electron chi connectivity index (χ1n) is 10.5. The molecule has 1 aliphatic rings. The molecule has 0 saturated carbocycles. The number of fused-ring (bicyclic) bond motifs is 1. The third-order valence-corrected chi connectivity index (χ3v) is 5.76. The lowest BCUT2D eigenvalue weighted by Crippen LogP contribution is -2.41. The van der Waals surface area contributed by atoms with Crippen LogP contribution in [0.1, 0.15) is 19.3 Å². The molecule has 1 N–H and O–H groups in total. The lowest BCUT2D eigenvalue weighted by molar-refractivity contribution is 0.185. The Balaban J connectivity index is 1.41. The van der Waals surface area contributed by atoms with Crippen LogP contribution in [0.3, 0.4) is 0 Å². The fourth-order valence-corrected chi connectivity index (χ4v) is 3.99. The van der Waals surface area contributed by atoms with Gasteiger partial charge in [-0.1, -0.05) is 18.2 Å². The summed E-state index contributed by atoms with van der Waals surface area (Å²) in [5.41, 5.74) is 1.73. The number of benzene rings is 2. The van der Waals surface area contributed by atoms with Gasteiger partial charge in [-0.05, 0) is 74.8 Å². The molecular formula is C24H27FN2O3. The van der Waals surface area contributed by atoms with Gasteiger partial charge in [-0.25, -0.2) is 9.18 Å². The van der Waals surface area contributed by atoms with Gasteiger partial charge in [-0.3, -0.25) is 0 Å². The molecule has 0 bridgehead atoms. The summed E-state index contributed by atoms with van der Waals surface area (Å²) in [7, 11) is 2.03. The van der Waals surface area contributed by atoms with Crippen molar-refractivity contribution in [3.05, 3.63) is 64.8 Å². The van der Waals surface area contributed by atoms with Crippen molar-refractivity contribution in [2.24, 2.45) is 0 Å². The minimum atomic E-state index is -0.442. The maximum absolute atomic E-state index is 13.2. The SMILES string of the molecule is CNC1CCN(CCCOc2cc(=O)oc3cc(-c4ccc(F)cc4)ccc23)CC1. The Morgan fingerprint density at radius 3 is 2.57 bits per heavy atom. The number of rotatable bonds is 7. The van der Waals surface area contributed by atoms with E-state index in [1.165, 1.54) is 31.0 Å². The largest absolute Gasteiger partial charge is 0.492 e. The molecule has 2 aromatic carbocycles. The fourth-order valence-electron chi connectivity index (χ4n) is 3.99. The zero-order chi connectivity index (χ0) is 20.9. The molecule has 0 aliphatic carbocycles. The second-order valence-corrected chi connectivity index (χ2v) is 7.75. The third kappa shape index (κ3) is 4.89. The lowest BCUT2D eigenvalue weighted by atomic mass is 10.0. The Morgan fingerprint density at radius 2 is 1.83 bits per heavy atom. The number of nitrogens with zero attached hydrogens (tertiary/aromatic N) is 1. The van der Waals surface area contributed by atoms with Gasteiger partial charge in [0.2, 0.25) is 0 Å². The average Bonchev–Trinajstić information content (AvgIpc) is 2.77. The van der Waals surface area contributed by atoms with Crippen molar-refractivity contribution >= 4 is 11.0 Å². The molecule has 3 aromatic rings. The van der Waals surface area contributed by atoms with Crippen molar-refractivity contribution in [2.45, 2.75) is 25.3 Å². The third-order valence-electron chi connectivity index (χ3n) is 5.76. The number of piperidine rings is 1. The Morgan fingerprint density at radius 1 is 1.10 bits per heavy atom. The molecule has 6 heteroatoms. The quantitative estimate of drug-likeness (QED) is 0.470. The first-order chi connectivity index (χ1) is 14.6. The van der Waals surface area contributed by atoms with Crippen molar-refractivity contribution < 1.29 is 13.5 Å². The Kier molecular flexibility index (Phi) is 6.45. The highest BCUT2D eigenvalue weighted by molar-refractivity contribution is 5.87. The number of ether oxygens (including phenoxy) is 1. The van der Waals surface area contributed by atoms with Crippen molar-refractivity contribution in [1.29, 1.82) is 0 Å². The number of hydrogen-bond donors (Lipinski definition) is 1. The van der Waals surface area contributed by atoms with Crippen LogP contribution in [0.25, 0.3) is 22.1 Å². The first-order valence-corrected chi connectivity index (χ1v) is 10.5. The molecule has 5 nitrogen and oxygen atoms in total. The summed E-state index contributed by atoms with van der Waals surface area (Å²) in [6.45, 7) is 3.75. The van der Waals surface area contributed by atoms with Crippen LogP contribution in [0.15, 0.2) is 57.7 Å². The second-order valence-electron chi connectivity index (χ2n) is 7.75. The summed E-state index contributed by atoms with van der Waals surface area (Å²) in [6, 6.07) is 13.9. The number of likely N-dealkylation sites (tertiary alicyclic amines) is 1. The van der Waals surface area contributed by atoms with Gasteiger partial charge in [0.05, 0.1) is 18.1 Å². The molecule has 0 spiro atoms. The van der Waals surface area contributed by atoms with E-state index in [-0.39, 0.29) is 5.82 Å². The minimum Gasteiger partial charge on any atom is -0.492 e. The van der Waals surface area contributed by atoms with Crippen LogP contribution in [0, 0.1) is 5.82 Å². The van der Waals surface area contributed by atoms with Crippen molar-refractivity contribution in [1.82, 2.24) is 10.2 Å². The predicted octanol–water partition coefficient (Wildman–Crippen LogP) is 4.05. The van der Waals surface area contributed by atoms with E-state index < -0.39 is 5.63 Å². The smallest absolute Gasteiger partial charge is 0.339 e. The van der Waals surface area contributed by atoms with Gasteiger partial charge in [0.25, 0.3) is 0 Å². The highest BCUT2D eigenvalue weighted by Gasteiger charge is 2.17. The van der Waals surface area contributed by atoms with E-state index >= 15 is 0 Å². The van der Waals surface area contributed by atoms with E-state index in [4.69, 9.17) is 9.15 Å². The zero-order valence-electron chi connectivity index (χ0n) is 17.2. The molecule has 158 valence electrons. The van der Waals surface area contributed by atoms with Gasteiger partial charge in [0, 0.05) is 12.6 Å². The van der Waals surface area contributed by atoms with Crippen LogP contribution >= 0.6 is 0 Å². The van der Waals surface area contributed by atoms with Gasteiger partial charge in [-0.2, -0.15) is 0 Å². The van der Waals surface area contributed by atoms with Crippen molar-refractivity contribution in [3.63, 3.8) is 0 Å². The number of hydrogen-bond acceptors (Lipinski definition) is 5. The van der Waals surface area contributed by atoms with Crippen molar-refractivity contribution in [2.75, 3.05) is 33.3 Å². The summed E-state index contributed by atoms with van der Waals surface area (Å²) in [5.74, 6) is 0.258. The van der Waals surface area contributed by atoms with E-state index in [9.17, 15) is 9.18 Å². The van der Waals surface area contributed by atoms with Crippen molar-refractivity contribution in [3.8, 4) is 16.9 Å². The van der Waals surface area contributed by atoms with E-state index in [1.807, 2.05) is 19.2 Å². The van der Waals surface area contributed by atoms with Crippen LogP contribution in [0.4, 0.5) is 4.39 Å². The molecule has 1 saturated heterocycles. The van der Waals surface area contributed by atoms with E-state index in [0.29, 0.717) is 24.0 Å². The maximum atomic E-state index is 13.2. The van der Waals surface area contributed by atoms with Gasteiger partial charge >= 0.3 is 5.63 Å². The molecule has 1 fully saturated rings. The van der Waals surface area contributed by atoms with E-state index in [2.05, 4.69) is 10.2 Å². The van der Waals surface area contributed by atoms with Crippen LogP contribution < -0.4 is 15.7 Å². The molecule has 0 radical (unpaired) electrons. The molecule has 0 atom stereocenters. The van der Waals surface area contributed by atoms with Gasteiger partial charge in [0.15, 0.2) is 0 Å². The van der Waals surface area contributed by atoms with Crippen LogP contribution in [0.5, 0.6) is 5.75 Å². The highest BCUT2D eigenvalue weighted by Crippen LogP contribution is 2.29. The second kappa shape index (κ2) is 9.41. The predicted molar refractivity (Wildman–Crippen MR) is 117 cm³/mol. The van der Waals surface area contributed by atoms with Crippen LogP contribution in [-0.4, -0.2) is 44.2 Å². The summed E-state index contributed by atoms with van der Waals surface area (Å²) in [5, 5.41) is 4.11. The number of halogens is 1. The highest BCUT2D eigenvalue weighted by atomic mass is 19.1. The minimum absolute atomic E-state index is 0.284. The summed E-state index contributed by atoms with van der Waals surface area (Å²) < 4.78 is 24.5. The molecule has 4 rings (SSSR count). The molecule has 0 unspecified atom stereocenters. The van der Waals surface area contributed by atoms with E-state index in [1.54, 1.807) is 18.2 Å². The Bertz CT molecular complexity index is 1040. The van der Waals surface area contributed by atoms with E-state index in [0.717, 1.165) is 42.6 Å². The maximum Gasteiger partial charge on any atom is 0.339 e. The normalized spacial score (nSPS) is 15.5. The molecule has 1 aromatic heterocycles. The summed E-state index contributed by atoms with van der Waals surface area (Å²) in [6.07, 6.45) is 3.26. The fraction of sp³-hybridized carbons (Fsp3) is 0.375. The molecular weight excluding hydrogens is 383 g/mol. The summed E-state index contributed by atoms with van der Waals surface area (Å²) in [4.78, 5) is 14.5. The average molecular weight is 410 g/mol. The summed E-state index contributed by atoms with van der Waals surface area (Å²) >= 11 is 0. The van der Waals surface area contributed by atoms with Gasteiger partial charge in [-0.15, -0.1) is 0 Å². The topological polar surface area (TPSA) is 54.7 Å². The molecule has 30 heavy (non-hydrogen) atoms. The molecule has 1 aliphatic heterocycles. The lowest BCUT2D eigenvalue weighted by Gasteiger charge is -2.31. The zero-order valence-corrected chi connectivity index (χ0v) is 17.2. The first kappa shape index (κ1) is 20.6. The van der Waals surface area contributed by atoms with Gasteiger partial charge in [0.1, 0.15) is 17.1 Å². The van der Waals surface area contributed by atoms with Gasteiger partial charge < -0.3 is 19.4 Å². The number of nitrogens with one attached hydrogen (secondary N) is 1.